The second-order valence-corrected chi connectivity index (χ2v) is 3.78. The summed E-state index contributed by atoms with van der Waals surface area (Å²) in [6.07, 6.45) is 2.97. The van der Waals surface area contributed by atoms with Crippen LogP contribution in [0.4, 0.5) is 0 Å². The summed E-state index contributed by atoms with van der Waals surface area (Å²) < 4.78 is 14.8. The number of rotatable bonds is 2. The number of methoxy groups -OCH3 is 2. The van der Waals surface area contributed by atoms with E-state index < -0.39 is 23.6 Å². The molecular weight excluding hydrogens is 212 g/mol. The molecule has 2 rings (SSSR count). The molecule has 2 aliphatic rings. The van der Waals surface area contributed by atoms with Crippen LogP contribution in [0.1, 0.15) is 6.92 Å². The van der Waals surface area contributed by atoms with Gasteiger partial charge in [0.15, 0.2) is 0 Å². The molecule has 2 atom stereocenters. The molecule has 86 valence electrons. The van der Waals surface area contributed by atoms with Gasteiger partial charge in [0.2, 0.25) is 0 Å². The minimum Gasteiger partial charge on any atom is -0.466 e. The van der Waals surface area contributed by atoms with Gasteiger partial charge in [-0.3, -0.25) is 0 Å². The van der Waals surface area contributed by atoms with Gasteiger partial charge in [0.05, 0.1) is 25.4 Å². The van der Waals surface area contributed by atoms with Crippen molar-refractivity contribution in [1.29, 1.82) is 0 Å². The highest BCUT2D eigenvalue weighted by atomic mass is 16.6. The van der Waals surface area contributed by atoms with Crippen LogP contribution in [-0.2, 0) is 23.8 Å². The smallest absolute Gasteiger partial charge is 0.337 e. The Labute approximate surface area is 92.7 Å². The molecule has 2 heterocycles. The zero-order valence-corrected chi connectivity index (χ0v) is 9.27. The summed E-state index contributed by atoms with van der Waals surface area (Å²) in [6.45, 7) is 1.71. The van der Waals surface area contributed by atoms with Crippen molar-refractivity contribution in [2.24, 2.45) is 0 Å². The lowest BCUT2D eigenvalue weighted by atomic mass is 9.88. The summed E-state index contributed by atoms with van der Waals surface area (Å²) in [4.78, 5) is 23.2. The Bertz CT molecular complexity index is 420. The van der Waals surface area contributed by atoms with E-state index in [-0.39, 0.29) is 11.1 Å². The minimum absolute atomic E-state index is 0.231. The molecule has 0 unspecified atom stereocenters. The summed E-state index contributed by atoms with van der Waals surface area (Å²) in [6, 6.07) is 0. The molecule has 5 heteroatoms. The van der Waals surface area contributed by atoms with Gasteiger partial charge in [-0.15, -0.1) is 0 Å². The van der Waals surface area contributed by atoms with Gasteiger partial charge in [-0.05, 0) is 13.0 Å². The lowest BCUT2D eigenvalue weighted by Crippen LogP contribution is -2.29. The zero-order valence-electron chi connectivity index (χ0n) is 9.27. The van der Waals surface area contributed by atoms with E-state index >= 15 is 0 Å². The third-order valence-electron chi connectivity index (χ3n) is 2.81. The van der Waals surface area contributed by atoms with Crippen LogP contribution in [0.25, 0.3) is 0 Å². The quantitative estimate of drug-likeness (QED) is 0.500. The van der Waals surface area contributed by atoms with Crippen molar-refractivity contribution in [2.75, 3.05) is 14.2 Å². The monoisotopic (exact) mass is 224 g/mol. The molecule has 0 aliphatic carbocycles. The van der Waals surface area contributed by atoms with Crippen molar-refractivity contribution in [3.05, 3.63) is 23.3 Å². The zero-order chi connectivity index (χ0) is 11.9. The maximum atomic E-state index is 11.6. The molecule has 16 heavy (non-hydrogen) atoms. The first-order chi connectivity index (χ1) is 7.53. The molecule has 0 saturated carbocycles. The molecule has 0 spiro atoms. The molecule has 0 N–H and O–H groups in total. The number of hydrogen-bond acceptors (Lipinski definition) is 5. The maximum Gasteiger partial charge on any atom is 0.337 e. The number of hydrogen-bond donors (Lipinski definition) is 0. The van der Waals surface area contributed by atoms with Gasteiger partial charge in [-0.1, -0.05) is 6.08 Å². The Morgan fingerprint density at radius 3 is 2.50 bits per heavy atom. The minimum atomic E-state index is -0.874. The van der Waals surface area contributed by atoms with Crippen molar-refractivity contribution < 1.29 is 23.8 Å². The van der Waals surface area contributed by atoms with Gasteiger partial charge < -0.3 is 14.2 Å². The topological polar surface area (TPSA) is 61.8 Å². The average Bonchev–Trinajstić information content (AvgIpc) is 2.79. The normalized spacial score (nSPS) is 30.8. The van der Waals surface area contributed by atoms with Crippen LogP contribution in [-0.4, -0.2) is 37.9 Å². The van der Waals surface area contributed by atoms with Crippen LogP contribution in [0.2, 0.25) is 0 Å². The van der Waals surface area contributed by atoms with Crippen molar-refractivity contribution in [1.82, 2.24) is 0 Å². The van der Waals surface area contributed by atoms with Crippen molar-refractivity contribution in [2.45, 2.75) is 18.6 Å². The van der Waals surface area contributed by atoms with E-state index in [1.807, 2.05) is 0 Å². The highest BCUT2D eigenvalue weighted by molar-refractivity contribution is 6.04. The second-order valence-electron chi connectivity index (χ2n) is 3.78. The molecule has 2 aliphatic heterocycles. The van der Waals surface area contributed by atoms with E-state index in [1.165, 1.54) is 14.2 Å². The van der Waals surface area contributed by atoms with Crippen LogP contribution in [0.3, 0.4) is 0 Å². The summed E-state index contributed by atoms with van der Waals surface area (Å²) in [5, 5.41) is 0. The number of esters is 2. The van der Waals surface area contributed by atoms with Crippen LogP contribution in [0.15, 0.2) is 23.3 Å². The number of carbonyl (C=O) groups excluding carboxylic acids is 2. The van der Waals surface area contributed by atoms with Gasteiger partial charge in [0.25, 0.3) is 0 Å². The van der Waals surface area contributed by atoms with E-state index in [1.54, 1.807) is 19.1 Å². The van der Waals surface area contributed by atoms with Crippen LogP contribution in [0.5, 0.6) is 0 Å². The molecule has 0 radical (unpaired) electrons. The van der Waals surface area contributed by atoms with E-state index in [9.17, 15) is 9.59 Å². The van der Waals surface area contributed by atoms with Gasteiger partial charge in [0, 0.05) is 0 Å². The highest BCUT2D eigenvalue weighted by Gasteiger charge is 2.51. The fraction of sp³-hybridized carbons (Fsp3) is 0.455. The number of fused-ring (bicyclic) bond motifs is 2. The fourth-order valence-electron chi connectivity index (χ4n) is 2.06. The first-order valence-electron chi connectivity index (χ1n) is 4.82. The number of carbonyl (C=O) groups is 2. The fourth-order valence-corrected chi connectivity index (χ4v) is 2.06. The van der Waals surface area contributed by atoms with Crippen molar-refractivity contribution in [3.63, 3.8) is 0 Å². The molecule has 0 aromatic rings. The van der Waals surface area contributed by atoms with E-state index in [2.05, 4.69) is 9.47 Å². The summed E-state index contributed by atoms with van der Waals surface area (Å²) in [7, 11) is 2.53. The van der Waals surface area contributed by atoms with Gasteiger partial charge in [-0.25, -0.2) is 9.59 Å². The lowest BCUT2D eigenvalue weighted by molar-refractivity contribution is -0.139. The van der Waals surface area contributed by atoms with Gasteiger partial charge in [-0.2, -0.15) is 0 Å². The molecule has 5 nitrogen and oxygen atoms in total. The van der Waals surface area contributed by atoms with Crippen LogP contribution in [0, 0.1) is 0 Å². The Kier molecular flexibility index (Phi) is 2.35. The molecule has 0 aromatic carbocycles. The molecule has 0 fully saturated rings. The largest absolute Gasteiger partial charge is 0.466 e. The SMILES string of the molecule is COC(=O)C1=C(C(=O)OC)[C@@]2(C)C=C[C@@H]1O2. The van der Waals surface area contributed by atoms with E-state index in [0.717, 1.165) is 0 Å². The Morgan fingerprint density at radius 1 is 1.31 bits per heavy atom. The molecular formula is C11H12O5. The molecule has 2 bridgehead atoms. The predicted octanol–water partition coefficient (Wildman–Crippen LogP) is 0.356. The first-order valence-corrected chi connectivity index (χ1v) is 4.82. The van der Waals surface area contributed by atoms with Gasteiger partial charge >= 0.3 is 11.9 Å². The van der Waals surface area contributed by atoms with Crippen LogP contribution < -0.4 is 0 Å². The Hall–Kier alpha value is -1.62. The maximum absolute atomic E-state index is 11.6. The van der Waals surface area contributed by atoms with Gasteiger partial charge in [0.1, 0.15) is 11.7 Å². The Morgan fingerprint density at radius 2 is 1.94 bits per heavy atom. The van der Waals surface area contributed by atoms with E-state index in [4.69, 9.17) is 4.74 Å². The first kappa shape index (κ1) is 10.9. The third-order valence-corrected chi connectivity index (χ3v) is 2.81. The molecule has 0 aromatic heterocycles. The molecule has 0 saturated heterocycles. The number of ether oxygens (including phenoxy) is 3. The van der Waals surface area contributed by atoms with E-state index in [0.29, 0.717) is 0 Å². The van der Waals surface area contributed by atoms with Crippen molar-refractivity contribution >= 4 is 11.9 Å². The summed E-state index contributed by atoms with van der Waals surface area (Å²) in [5.74, 6) is -1.12. The molecule has 0 amide bonds. The average molecular weight is 224 g/mol. The highest BCUT2D eigenvalue weighted by Crippen LogP contribution is 2.43. The summed E-state index contributed by atoms with van der Waals surface area (Å²) >= 11 is 0. The second kappa shape index (κ2) is 3.45. The van der Waals surface area contributed by atoms with Crippen LogP contribution >= 0.6 is 0 Å². The standard InChI is InChI=1S/C11H12O5/c1-11-5-4-6(16-11)7(9(12)14-2)8(11)10(13)15-3/h4-6H,1-3H3/t6-,11+/m0/s1. The Balaban J connectivity index is 2.50. The predicted molar refractivity (Wildman–Crippen MR) is 53.5 cm³/mol. The summed E-state index contributed by atoms with van der Waals surface area (Å²) in [5.41, 5.74) is -0.407. The lowest BCUT2D eigenvalue weighted by Gasteiger charge is -2.19. The van der Waals surface area contributed by atoms with Crippen molar-refractivity contribution in [3.8, 4) is 0 Å². The third kappa shape index (κ3) is 1.28.